The third kappa shape index (κ3) is 5.87. The van der Waals surface area contributed by atoms with Gasteiger partial charge >= 0.3 is 5.97 Å². The van der Waals surface area contributed by atoms with Gasteiger partial charge in [0.05, 0.1) is 0 Å². The van der Waals surface area contributed by atoms with E-state index in [0.717, 1.165) is 25.8 Å². The van der Waals surface area contributed by atoms with Gasteiger partial charge < -0.3 is 4.74 Å². The van der Waals surface area contributed by atoms with Crippen LogP contribution in [0.25, 0.3) is 0 Å². The van der Waals surface area contributed by atoms with Crippen molar-refractivity contribution < 1.29 is 9.53 Å². The zero-order valence-electron chi connectivity index (χ0n) is 11.9. The molecule has 0 fully saturated rings. The Bertz CT molecular complexity index is 238. The SMILES string of the molecule is C/C=C\C(=O)OC(CC)N(CCC)C(C)CC. The molecule has 17 heavy (non-hydrogen) atoms. The van der Waals surface area contributed by atoms with Gasteiger partial charge in [-0.25, -0.2) is 4.79 Å². The van der Waals surface area contributed by atoms with Crippen molar-refractivity contribution in [3.63, 3.8) is 0 Å². The van der Waals surface area contributed by atoms with Crippen molar-refractivity contribution in [1.82, 2.24) is 4.90 Å². The van der Waals surface area contributed by atoms with E-state index in [2.05, 4.69) is 32.6 Å². The highest BCUT2D eigenvalue weighted by Gasteiger charge is 2.22. The number of hydrogen-bond donors (Lipinski definition) is 0. The number of hydrogen-bond acceptors (Lipinski definition) is 3. The summed E-state index contributed by atoms with van der Waals surface area (Å²) in [7, 11) is 0. The molecule has 0 aliphatic carbocycles. The molecular weight excluding hydrogens is 214 g/mol. The van der Waals surface area contributed by atoms with E-state index in [1.807, 2.05) is 6.92 Å². The highest BCUT2D eigenvalue weighted by Crippen LogP contribution is 2.14. The number of ether oxygens (including phenoxy) is 1. The van der Waals surface area contributed by atoms with Crippen molar-refractivity contribution in [2.45, 2.75) is 66.2 Å². The smallest absolute Gasteiger partial charge is 0.331 e. The monoisotopic (exact) mass is 241 g/mol. The standard InChI is InChI=1S/C14H27NO2/c1-6-10-14(16)17-13(9-4)15(11-7-2)12(5)8-3/h6,10,12-13H,7-9,11H2,1-5H3/b10-6-. The maximum Gasteiger partial charge on any atom is 0.331 e. The van der Waals surface area contributed by atoms with E-state index < -0.39 is 0 Å². The molecule has 3 heteroatoms. The lowest BCUT2D eigenvalue weighted by Gasteiger charge is -2.34. The second-order valence-electron chi connectivity index (χ2n) is 4.29. The Morgan fingerprint density at radius 1 is 1.29 bits per heavy atom. The van der Waals surface area contributed by atoms with Gasteiger partial charge in [0.1, 0.15) is 0 Å². The van der Waals surface area contributed by atoms with Crippen LogP contribution in [0.2, 0.25) is 0 Å². The van der Waals surface area contributed by atoms with Crippen LogP contribution in [-0.2, 0) is 9.53 Å². The molecule has 0 bridgehead atoms. The Balaban J connectivity index is 4.59. The lowest BCUT2D eigenvalue weighted by Crippen LogP contribution is -2.44. The van der Waals surface area contributed by atoms with Gasteiger partial charge in [-0.05, 0) is 33.1 Å². The van der Waals surface area contributed by atoms with Gasteiger partial charge in [0.25, 0.3) is 0 Å². The highest BCUT2D eigenvalue weighted by molar-refractivity contribution is 5.81. The van der Waals surface area contributed by atoms with E-state index in [4.69, 9.17) is 4.74 Å². The van der Waals surface area contributed by atoms with Crippen molar-refractivity contribution in [2.24, 2.45) is 0 Å². The van der Waals surface area contributed by atoms with Gasteiger partial charge in [0, 0.05) is 18.7 Å². The summed E-state index contributed by atoms with van der Waals surface area (Å²) in [6.45, 7) is 11.3. The Kier molecular flexibility index (Phi) is 8.78. The molecule has 2 unspecified atom stereocenters. The minimum Gasteiger partial charge on any atom is -0.443 e. The van der Waals surface area contributed by atoms with E-state index in [0.29, 0.717) is 6.04 Å². The normalized spacial score (nSPS) is 15.2. The molecule has 0 aromatic carbocycles. The maximum atomic E-state index is 11.5. The van der Waals surface area contributed by atoms with Gasteiger partial charge in [-0.1, -0.05) is 26.8 Å². The molecule has 0 aromatic rings. The van der Waals surface area contributed by atoms with Gasteiger partial charge in [-0.15, -0.1) is 0 Å². The molecule has 100 valence electrons. The summed E-state index contributed by atoms with van der Waals surface area (Å²) in [5, 5.41) is 0. The van der Waals surface area contributed by atoms with Crippen LogP contribution in [0.5, 0.6) is 0 Å². The van der Waals surface area contributed by atoms with Gasteiger partial charge in [-0.2, -0.15) is 0 Å². The van der Waals surface area contributed by atoms with E-state index in [9.17, 15) is 4.79 Å². The Morgan fingerprint density at radius 2 is 1.94 bits per heavy atom. The maximum absolute atomic E-state index is 11.5. The van der Waals surface area contributed by atoms with Crippen LogP contribution in [0.4, 0.5) is 0 Å². The first-order chi connectivity index (χ1) is 8.10. The number of rotatable bonds is 8. The average molecular weight is 241 g/mol. The minimum atomic E-state index is -0.247. The topological polar surface area (TPSA) is 29.5 Å². The molecule has 0 aliphatic heterocycles. The molecule has 0 rings (SSSR count). The van der Waals surface area contributed by atoms with Crippen molar-refractivity contribution >= 4 is 5.97 Å². The number of nitrogens with zero attached hydrogens (tertiary/aromatic N) is 1. The molecule has 0 N–H and O–H groups in total. The summed E-state index contributed by atoms with van der Waals surface area (Å²) in [5.41, 5.74) is 0. The Labute approximate surface area is 106 Å². The fourth-order valence-corrected chi connectivity index (χ4v) is 1.84. The zero-order valence-corrected chi connectivity index (χ0v) is 11.9. The van der Waals surface area contributed by atoms with Crippen molar-refractivity contribution in [3.05, 3.63) is 12.2 Å². The summed E-state index contributed by atoms with van der Waals surface area (Å²) < 4.78 is 5.48. The lowest BCUT2D eigenvalue weighted by molar-refractivity contribution is -0.156. The van der Waals surface area contributed by atoms with E-state index in [-0.39, 0.29) is 12.2 Å². The molecule has 0 aromatic heterocycles. The first-order valence-electron chi connectivity index (χ1n) is 6.69. The summed E-state index contributed by atoms with van der Waals surface area (Å²) in [4.78, 5) is 13.8. The quantitative estimate of drug-likeness (QED) is 0.371. The zero-order chi connectivity index (χ0) is 13.3. The molecule has 0 saturated heterocycles. The van der Waals surface area contributed by atoms with Crippen molar-refractivity contribution in [1.29, 1.82) is 0 Å². The second-order valence-corrected chi connectivity index (χ2v) is 4.29. The lowest BCUT2D eigenvalue weighted by atomic mass is 10.2. The minimum absolute atomic E-state index is 0.103. The van der Waals surface area contributed by atoms with Gasteiger partial charge in [0.15, 0.2) is 6.23 Å². The summed E-state index contributed by atoms with van der Waals surface area (Å²) in [6, 6.07) is 0.443. The molecule has 0 amide bonds. The predicted molar refractivity (Wildman–Crippen MR) is 71.7 cm³/mol. The van der Waals surface area contributed by atoms with Crippen LogP contribution in [0.1, 0.15) is 53.9 Å². The largest absolute Gasteiger partial charge is 0.443 e. The number of esters is 1. The van der Waals surface area contributed by atoms with Crippen LogP contribution < -0.4 is 0 Å². The first kappa shape index (κ1) is 16.2. The molecule has 2 atom stereocenters. The highest BCUT2D eigenvalue weighted by atomic mass is 16.6. The van der Waals surface area contributed by atoms with E-state index >= 15 is 0 Å². The van der Waals surface area contributed by atoms with Crippen molar-refractivity contribution in [3.8, 4) is 0 Å². The molecule has 3 nitrogen and oxygen atoms in total. The number of allylic oxidation sites excluding steroid dienone is 1. The van der Waals surface area contributed by atoms with E-state index in [1.54, 1.807) is 6.08 Å². The summed E-state index contributed by atoms with van der Waals surface area (Å²) in [5.74, 6) is -0.247. The van der Waals surface area contributed by atoms with Crippen LogP contribution >= 0.6 is 0 Å². The second kappa shape index (κ2) is 9.23. The fraction of sp³-hybridized carbons (Fsp3) is 0.786. The van der Waals surface area contributed by atoms with Gasteiger partial charge in [0.2, 0.25) is 0 Å². The molecule has 0 radical (unpaired) electrons. The number of carbonyl (C=O) groups excluding carboxylic acids is 1. The molecular formula is C14H27NO2. The van der Waals surface area contributed by atoms with E-state index in [1.165, 1.54) is 6.08 Å². The Hall–Kier alpha value is -0.830. The molecule has 0 spiro atoms. The third-order valence-corrected chi connectivity index (χ3v) is 2.91. The predicted octanol–water partition coefficient (Wildman–Crippen LogP) is 3.35. The molecule has 0 heterocycles. The van der Waals surface area contributed by atoms with Crippen LogP contribution in [-0.4, -0.2) is 29.7 Å². The average Bonchev–Trinajstić information content (AvgIpc) is 2.33. The molecule has 0 aliphatic rings. The molecule has 0 saturated carbocycles. The Morgan fingerprint density at radius 3 is 2.35 bits per heavy atom. The van der Waals surface area contributed by atoms with Crippen LogP contribution in [0, 0.1) is 0 Å². The first-order valence-corrected chi connectivity index (χ1v) is 6.69. The van der Waals surface area contributed by atoms with Crippen molar-refractivity contribution in [2.75, 3.05) is 6.54 Å². The summed E-state index contributed by atoms with van der Waals surface area (Å²) in [6.07, 6.45) is 6.05. The van der Waals surface area contributed by atoms with Crippen LogP contribution in [0.15, 0.2) is 12.2 Å². The van der Waals surface area contributed by atoms with Gasteiger partial charge in [-0.3, -0.25) is 4.90 Å². The fourth-order valence-electron chi connectivity index (χ4n) is 1.84. The third-order valence-electron chi connectivity index (χ3n) is 2.91. The number of carbonyl (C=O) groups is 1. The van der Waals surface area contributed by atoms with Crippen LogP contribution in [0.3, 0.4) is 0 Å². The summed E-state index contributed by atoms with van der Waals surface area (Å²) >= 11 is 0.